The first-order valence-corrected chi connectivity index (χ1v) is 10.9. The molecule has 0 saturated carbocycles. The molecule has 4 amide bonds. The fourth-order valence-electron chi connectivity index (χ4n) is 3.16. The Morgan fingerprint density at radius 3 is 2.32 bits per heavy atom. The molecule has 1 fully saturated rings. The molecule has 0 bridgehead atoms. The molecule has 178 valence electrons. The van der Waals surface area contributed by atoms with E-state index in [-0.39, 0.29) is 48.9 Å². The van der Waals surface area contributed by atoms with Gasteiger partial charge in [-0.3, -0.25) is 24.1 Å². The van der Waals surface area contributed by atoms with E-state index in [4.69, 9.17) is 9.47 Å². The predicted octanol–water partition coefficient (Wildman–Crippen LogP) is 1.25. The van der Waals surface area contributed by atoms with Gasteiger partial charge in [0.25, 0.3) is 0 Å². The van der Waals surface area contributed by atoms with E-state index in [1.54, 1.807) is 14.0 Å². The predicted molar refractivity (Wildman–Crippen MR) is 116 cm³/mol. The molecule has 9 heteroatoms. The molecule has 0 aromatic carbocycles. The highest BCUT2D eigenvalue weighted by molar-refractivity contribution is 6.03. The van der Waals surface area contributed by atoms with Crippen LogP contribution in [0.15, 0.2) is 0 Å². The van der Waals surface area contributed by atoms with E-state index in [0.717, 1.165) is 0 Å². The highest BCUT2D eigenvalue weighted by Gasteiger charge is 2.35. The van der Waals surface area contributed by atoms with Crippen LogP contribution in [0.25, 0.3) is 0 Å². The van der Waals surface area contributed by atoms with Crippen molar-refractivity contribution in [3.8, 4) is 0 Å². The van der Waals surface area contributed by atoms with Crippen molar-refractivity contribution < 1.29 is 28.7 Å². The van der Waals surface area contributed by atoms with Crippen molar-refractivity contribution in [1.82, 2.24) is 15.5 Å². The van der Waals surface area contributed by atoms with E-state index in [2.05, 4.69) is 10.6 Å². The van der Waals surface area contributed by atoms with E-state index in [0.29, 0.717) is 39.1 Å². The van der Waals surface area contributed by atoms with Gasteiger partial charge in [0.1, 0.15) is 0 Å². The maximum atomic E-state index is 12.2. The first-order valence-electron chi connectivity index (χ1n) is 10.9. The number of ether oxygens (including phenoxy) is 2. The zero-order chi connectivity index (χ0) is 23.7. The quantitative estimate of drug-likeness (QED) is 0.310. The summed E-state index contributed by atoms with van der Waals surface area (Å²) in [6, 6.07) is 0. The zero-order valence-electron chi connectivity index (χ0n) is 19.8. The standard InChI is InChI=1S/C22H39N3O6/c1-16-15-18(27)25(19(16)28)12-7-17(26)23-10-8-22(4,5)31-13-9-21(2,3)20(29)24-11-14-30-6/h16H,7-15H2,1-6H3,(H,23,26)(H,24,29). The molecule has 0 aromatic heterocycles. The van der Waals surface area contributed by atoms with Gasteiger partial charge in [0.05, 0.1) is 12.2 Å². The lowest BCUT2D eigenvalue weighted by atomic mass is 9.88. The minimum Gasteiger partial charge on any atom is -0.383 e. The Morgan fingerprint density at radius 1 is 1.06 bits per heavy atom. The molecule has 0 spiro atoms. The van der Waals surface area contributed by atoms with Crippen molar-refractivity contribution in [2.45, 2.75) is 65.9 Å². The summed E-state index contributed by atoms with van der Waals surface area (Å²) in [5.41, 5.74) is -1.02. The number of methoxy groups -OCH3 is 1. The normalized spacial score (nSPS) is 17.2. The molecule has 1 heterocycles. The summed E-state index contributed by atoms with van der Waals surface area (Å²) in [6.45, 7) is 11.3. The topological polar surface area (TPSA) is 114 Å². The fourth-order valence-corrected chi connectivity index (χ4v) is 3.16. The number of hydrogen-bond donors (Lipinski definition) is 2. The molecule has 2 N–H and O–H groups in total. The number of carbonyl (C=O) groups is 4. The largest absolute Gasteiger partial charge is 0.383 e. The molecule has 1 unspecified atom stereocenters. The van der Waals surface area contributed by atoms with Crippen LogP contribution in [0, 0.1) is 11.3 Å². The SMILES string of the molecule is COCCNC(=O)C(C)(C)CCOC(C)(C)CCNC(=O)CCN1C(=O)CC(C)C1=O. The lowest BCUT2D eigenvalue weighted by molar-refractivity contribution is -0.139. The number of carbonyl (C=O) groups excluding carboxylic acids is 4. The summed E-state index contributed by atoms with van der Waals surface area (Å²) in [5, 5.41) is 5.66. The smallest absolute Gasteiger partial charge is 0.232 e. The van der Waals surface area contributed by atoms with Crippen LogP contribution < -0.4 is 10.6 Å². The lowest BCUT2D eigenvalue weighted by Crippen LogP contribution is -2.40. The van der Waals surface area contributed by atoms with Gasteiger partial charge in [0.15, 0.2) is 0 Å². The Labute approximate surface area is 185 Å². The van der Waals surface area contributed by atoms with E-state index >= 15 is 0 Å². The van der Waals surface area contributed by atoms with E-state index < -0.39 is 11.0 Å². The van der Waals surface area contributed by atoms with Crippen LogP contribution in [0.3, 0.4) is 0 Å². The number of nitrogens with zero attached hydrogens (tertiary/aromatic N) is 1. The monoisotopic (exact) mass is 441 g/mol. The average molecular weight is 442 g/mol. The van der Waals surface area contributed by atoms with Gasteiger partial charge in [-0.25, -0.2) is 0 Å². The van der Waals surface area contributed by atoms with Gasteiger partial charge >= 0.3 is 0 Å². The van der Waals surface area contributed by atoms with Crippen LogP contribution in [-0.4, -0.2) is 74.1 Å². The second-order valence-corrected chi connectivity index (χ2v) is 9.33. The molecule has 0 radical (unpaired) electrons. The van der Waals surface area contributed by atoms with Gasteiger partial charge in [-0.1, -0.05) is 20.8 Å². The maximum Gasteiger partial charge on any atom is 0.232 e. The number of amides is 4. The van der Waals surface area contributed by atoms with Gasteiger partial charge in [-0.15, -0.1) is 0 Å². The Balaban J connectivity index is 2.27. The van der Waals surface area contributed by atoms with Crippen molar-refractivity contribution >= 4 is 23.6 Å². The third-order valence-corrected chi connectivity index (χ3v) is 5.51. The molecule has 1 aliphatic heterocycles. The second kappa shape index (κ2) is 12.1. The average Bonchev–Trinajstić information content (AvgIpc) is 2.91. The third-order valence-electron chi connectivity index (χ3n) is 5.51. The van der Waals surface area contributed by atoms with Crippen LogP contribution in [0.5, 0.6) is 0 Å². The summed E-state index contributed by atoms with van der Waals surface area (Å²) in [5.74, 6) is -0.958. The summed E-state index contributed by atoms with van der Waals surface area (Å²) in [7, 11) is 1.59. The molecule has 0 aromatic rings. The zero-order valence-corrected chi connectivity index (χ0v) is 19.8. The molecule has 31 heavy (non-hydrogen) atoms. The number of hydrogen-bond acceptors (Lipinski definition) is 6. The Kier molecular flexibility index (Phi) is 10.6. The van der Waals surface area contributed by atoms with Crippen molar-refractivity contribution in [1.29, 1.82) is 0 Å². The Bertz CT molecular complexity index is 647. The van der Waals surface area contributed by atoms with Crippen LogP contribution in [0.2, 0.25) is 0 Å². The summed E-state index contributed by atoms with van der Waals surface area (Å²) < 4.78 is 10.9. The van der Waals surface area contributed by atoms with Gasteiger partial charge in [-0.2, -0.15) is 0 Å². The third kappa shape index (κ3) is 9.35. The maximum absolute atomic E-state index is 12.2. The lowest BCUT2D eigenvalue weighted by Gasteiger charge is -2.29. The van der Waals surface area contributed by atoms with Crippen LogP contribution >= 0.6 is 0 Å². The molecular weight excluding hydrogens is 402 g/mol. The number of rotatable bonds is 14. The molecule has 1 saturated heterocycles. The van der Waals surface area contributed by atoms with Crippen LogP contribution in [0.1, 0.15) is 60.3 Å². The van der Waals surface area contributed by atoms with Crippen molar-refractivity contribution in [2.75, 3.05) is 40.0 Å². The van der Waals surface area contributed by atoms with E-state index in [1.807, 2.05) is 27.7 Å². The highest BCUT2D eigenvalue weighted by Crippen LogP contribution is 2.23. The van der Waals surface area contributed by atoms with Gasteiger partial charge in [-0.05, 0) is 26.7 Å². The van der Waals surface area contributed by atoms with Gasteiger partial charge in [0, 0.05) is 57.5 Å². The van der Waals surface area contributed by atoms with E-state index in [1.165, 1.54) is 4.90 Å². The van der Waals surface area contributed by atoms with E-state index in [9.17, 15) is 19.2 Å². The molecule has 1 aliphatic rings. The minimum atomic E-state index is -0.556. The number of likely N-dealkylation sites (tertiary alicyclic amines) is 1. The van der Waals surface area contributed by atoms with Crippen LogP contribution in [0.4, 0.5) is 0 Å². The summed E-state index contributed by atoms with van der Waals surface area (Å²) in [6.07, 6.45) is 1.48. The number of imide groups is 1. The summed E-state index contributed by atoms with van der Waals surface area (Å²) in [4.78, 5) is 49.1. The van der Waals surface area contributed by atoms with Crippen molar-refractivity contribution in [3.63, 3.8) is 0 Å². The minimum absolute atomic E-state index is 0.0393. The number of nitrogens with one attached hydrogen (secondary N) is 2. The van der Waals surface area contributed by atoms with Gasteiger partial charge in [0.2, 0.25) is 23.6 Å². The highest BCUT2D eigenvalue weighted by atomic mass is 16.5. The molecular formula is C22H39N3O6. The van der Waals surface area contributed by atoms with Crippen LogP contribution in [-0.2, 0) is 28.7 Å². The first kappa shape index (κ1) is 27.0. The van der Waals surface area contributed by atoms with Crippen molar-refractivity contribution in [3.05, 3.63) is 0 Å². The fraction of sp³-hybridized carbons (Fsp3) is 0.818. The second-order valence-electron chi connectivity index (χ2n) is 9.33. The summed E-state index contributed by atoms with van der Waals surface area (Å²) >= 11 is 0. The first-order chi connectivity index (χ1) is 14.4. The molecule has 9 nitrogen and oxygen atoms in total. The Morgan fingerprint density at radius 2 is 1.74 bits per heavy atom. The Hall–Kier alpha value is -2.00. The molecule has 0 aliphatic carbocycles. The molecule has 1 atom stereocenters. The molecule has 1 rings (SSSR count). The van der Waals surface area contributed by atoms with Crippen molar-refractivity contribution in [2.24, 2.45) is 11.3 Å². The van der Waals surface area contributed by atoms with Gasteiger partial charge < -0.3 is 20.1 Å².